The van der Waals surface area contributed by atoms with Gasteiger partial charge in [0, 0.05) is 6.20 Å². The number of benzene rings is 2. The van der Waals surface area contributed by atoms with Gasteiger partial charge in [0.2, 0.25) is 0 Å². The summed E-state index contributed by atoms with van der Waals surface area (Å²) in [5, 5.41) is 9.14. The summed E-state index contributed by atoms with van der Waals surface area (Å²) in [6, 6.07) is 13.5. The van der Waals surface area contributed by atoms with Crippen LogP contribution >= 0.6 is 0 Å². The Morgan fingerprint density at radius 2 is 1.85 bits per heavy atom. The Bertz CT molecular complexity index is 1040. The van der Waals surface area contributed by atoms with Crippen LogP contribution in [0.3, 0.4) is 0 Å². The third-order valence-corrected chi connectivity index (χ3v) is 3.96. The summed E-state index contributed by atoms with van der Waals surface area (Å²) in [6.07, 6.45) is 6.28. The quantitative estimate of drug-likeness (QED) is 0.410. The highest BCUT2D eigenvalue weighted by Crippen LogP contribution is 2.36. The minimum Gasteiger partial charge on any atom is -0.494 e. The maximum atomic E-state index is 9.14. The Kier molecular flexibility index (Phi) is 14.9. The van der Waals surface area contributed by atoms with Crippen molar-refractivity contribution in [1.82, 2.24) is 0 Å². The van der Waals surface area contributed by atoms with Crippen molar-refractivity contribution in [2.24, 2.45) is 20.7 Å². The molecule has 0 radical (unpaired) electrons. The van der Waals surface area contributed by atoms with Crippen molar-refractivity contribution in [1.29, 1.82) is 5.26 Å². The minimum atomic E-state index is 0.355. The topological polar surface area (TPSA) is 96.1 Å². The first-order valence-electron chi connectivity index (χ1n) is 10.6. The second-order valence-electron chi connectivity index (χ2n) is 6.54. The Labute approximate surface area is 198 Å². The number of amidine groups is 1. The van der Waals surface area contributed by atoms with E-state index >= 15 is 0 Å². The van der Waals surface area contributed by atoms with Gasteiger partial charge in [-0.3, -0.25) is 4.99 Å². The molecule has 6 heteroatoms. The van der Waals surface area contributed by atoms with Crippen LogP contribution in [-0.4, -0.2) is 32.4 Å². The molecule has 0 unspecified atom stereocenters. The van der Waals surface area contributed by atoms with Crippen LogP contribution in [0, 0.1) is 18.3 Å². The van der Waals surface area contributed by atoms with Gasteiger partial charge in [-0.1, -0.05) is 45.1 Å². The van der Waals surface area contributed by atoms with Gasteiger partial charge in [0.25, 0.3) is 0 Å². The Hall–Kier alpha value is -3.82. The normalized spacial score (nSPS) is 10.8. The van der Waals surface area contributed by atoms with Crippen LogP contribution in [-0.2, 0) is 0 Å². The summed E-state index contributed by atoms with van der Waals surface area (Å²) in [4.78, 5) is 12.9. The van der Waals surface area contributed by atoms with E-state index in [4.69, 9.17) is 10.00 Å². The van der Waals surface area contributed by atoms with E-state index in [1.165, 1.54) is 13.5 Å². The average molecular weight is 446 g/mol. The van der Waals surface area contributed by atoms with Crippen LogP contribution in [0.2, 0.25) is 0 Å². The first-order chi connectivity index (χ1) is 16.0. The largest absolute Gasteiger partial charge is 0.494 e. The second-order valence-corrected chi connectivity index (χ2v) is 6.54. The summed E-state index contributed by atoms with van der Waals surface area (Å²) >= 11 is 0. The Balaban J connectivity index is 0.00000189. The molecule has 0 heterocycles. The van der Waals surface area contributed by atoms with E-state index in [1.807, 2.05) is 44.2 Å². The average Bonchev–Trinajstić information content (AvgIpc) is 2.85. The van der Waals surface area contributed by atoms with E-state index in [1.54, 1.807) is 31.5 Å². The van der Waals surface area contributed by atoms with Crippen LogP contribution in [0.4, 0.5) is 5.69 Å². The molecule has 0 saturated heterocycles. The van der Waals surface area contributed by atoms with Crippen molar-refractivity contribution >= 4 is 24.0 Å². The van der Waals surface area contributed by atoms with Gasteiger partial charge in [0.05, 0.1) is 18.7 Å². The first-order valence-corrected chi connectivity index (χ1v) is 10.6. The molecule has 2 aromatic rings. The standard InChI is InChI=1S/C23H22N4O.C3H8.CH5N/c1-6-11-26-20(7-2)23(25-4)27-22-16(3)12-19(14-21(22)28-5)18-10-8-9-17(13-18)15-24;1-3-2;1-2/h6-14H,2,4H2,1,3,5H3;3H2,1-2H3;2H2,1H3/b11-6-,26-20?,27-23?;;. The minimum absolute atomic E-state index is 0.355. The zero-order valence-corrected chi connectivity index (χ0v) is 20.6. The molecular weight excluding hydrogens is 410 g/mol. The first kappa shape index (κ1) is 29.2. The fourth-order valence-corrected chi connectivity index (χ4v) is 2.62. The third kappa shape index (κ3) is 9.06. The van der Waals surface area contributed by atoms with Crippen molar-refractivity contribution in [2.45, 2.75) is 34.1 Å². The summed E-state index contributed by atoms with van der Waals surface area (Å²) in [5.41, 5.74) is 9.02. The molecule has 6 nitrogen and oxygen atoms in total. The summed E-state index contributed by atoms with van der Waals surface area (Å²) < 4.78 is 5.57. The zero-order valence-electron chi connectivity index (χ0n) is 20.6. The predicted molar refractivity (Wildman–Crippen MR) is 143 cm³/mol. The van der Waals surface area contributed by atoms with Gasteiger partial charge >= 0.3 is 0 Å². The van der Waals surface area contributed by atoms with E-state index in [-0.39, 0.29) is 0 Å². The highest BCUT2D eigenvalue weighted by atomic mass is 16.5. The third-order valence-electron chi connectivity index (χ3n) is 3.96. The van der Waals surface area contributed by atoms with E-state index in [2.05, 4.69) is 53.9 Å². The van der Waals surface area contributed by atoms with Crippen molar-refractivity contribution in [3.05, 3.63) is 72.5 Å². The van der Waals surface area contributed by atoms with Crippen molar-refractivity contribution < 1.29 is 4.74 Å². The van der Waals surface area contributed by atoms with Crippen molar-refractivity contribution in [2.75, 3.05) is 14.2 Å². The molecule has 2 N–H and O–H groups in total. The fourth-order valence-electron chi connectivity index (χ4n) is 2.62. The highest BCUT2D eigenvalue weighted by Gasteiger charge is 2.12. The molecule has 2 aromatic carbocycles. The summed E-state index contributed by atoms with van der Waals surface area (Å²) in [6.45, 7) is 15.4. The number of aryl methyl sites for hydroxylation is 1. The van der Waals surface area contributed by atoms with E-state index in [9.17, 15) is 0 Å². The van der Waals surface area contributed by atoms with Crippen molar-refractivity contribution in [3.63, 3.8) is 0 Å². The molecule has 0 aliphatic heterocycles. The summed E-state index contributed by atoms with van der Waals surface area (Å²) in [5.74, 6) is 0.946. The number of ether oxygens (including phenoxy) is 1. The number of nitrogens with two attached hydrogens (primary N) is 1. The number of methoxy groups -OCH3 is 1. The van der Waals surface area contributed by atoms with Gasteiger partial charge in [-0.2, -0.15) is 5.26 Å². The van der Waals surface area contributed by atoms with Gasteiger partial charge in [0.15, 0.2) is 5.84 Å². The van der Waals surface area contributed by atoms with Crippen LogP contribution in [0.5, 0.6) is 5.75 Å². The zero-order chi connectivity index (χ0) is 25.2. The molecule has 0 bridgehead atoms. The van der Waals surface area contributed by atoms with Crippen LogP contribution in [0.1, 0.15) is 38.3 Å². The van der Waals surface area contributed by atoms with Crippen molar-refractivity contribution in [3.8, 4) is 22.9 Å². The number of rotatable bonds is 6. The van der Waals surface area contributed by atoms with Crippen LogP contribution in [0.15, 0.2) is 76.3 Å². The van der Waals surface area contributed by atoms with Gasteiger partial charge in [-0.05, 0) is 74.6 Å². The van der Waals surface area contributed by atoms with E-state index < -0.39 is 0 Å². The van der Waals surface area contributed by atoms with Gasteiger partial charge < -0.3 is 10.5 Å². The highest BCUT2D eigenvalue weighted by molar-refractivity contribution is 6.47. The Morgan fingerprint density at radius 1 is 1.18 bits per heavy atom. The van der Waals surface area contributed by atoms with Crippen LogP contribution < -0.4 is 10.5 Å². The molecule has 2 rings (SSSR count). The fraction of sp³-hybridized carbons (Fsp3) is 0.259. The number of nitriles is 1. The summed E-state index contributed by atoms with van der Waals surface area (Å²) in [7, 11) is 3.09. The molecule has 0 aromatic heterocycles. The molecule has 0 atom stereocenters. The molecule has 0 aliphatic rings. The lowest BCUT2D eigenvalue weighted by Crippen LogP contribution is -2.08. The molecular formula is C27H35N5O. The van der Waals surface area contributed by atoms with Gasteiger partial charge in [-0.25, -0.2) is 9.98 Å². The number of allylic oxidation sites excluding steroid dienone is 1. The van der Waals surface area contributed by atoms with Gasteiger partial charge in [-0.15, -0.1) is 0 Å². The molecule has 33 heavy (non-hydrogen) atoms. The molecule has 0 spiro atoms. The number of hydrogen-bond donors (Lipinski definition) is 1. The smallest absolute Gasteiger partial charge is 0.178 e. The SMILES string of the molecule is C=CC(=N/C=C\C)C(N=C)=Nc1c(C)cc(-c2cccc(C#N)c2)cc1OC.CCC.CN. The lowest BCUT2D eigenvalue weighted by Gasteiger charge is -2.12. The van der Waals surface area contributed by atoms with E-state index in [0.29, 0.717) is 28.5 Å². The molecule has 174 valence electrons. The molecule has 0 amide bonds. The maximum Gasteiger partial charge on any atom is 0.178 e. The number of aliphatic imine (C=N–C) groups is 3. The molecule has 0 aliphatic carbocycles. The number of hydrogen-bond acceptors (Lipinski definition) is 5. The van der Waals surface area contributed by atoms with Crippen LogP contribution in [0.25, 0.3) is 11.1 Å². The number of nitrogens with zero attached hydrogens (tertiary/aromatic N) is 4. The molecule has 0 fully saturated rings. The monoisotopic (exact) mass is 445 g/mol. The van der Waals surface area contributed by atoms with Gasteiger partial charge in [0.1, 0.15) is 17.1 Å². The molecule has 0 saturated carbocycles. The second kappa shape index (κ2) is 16.8. The lowest BCUT2D eigenvalue weighted by atomic mass is 10.00. The van der Waals surface area contributed by atoms with E-state index in [0.717, 1.165) is 16.7 Å². The Morgan fingerprint density at radius 3 is 2.36 bits per heavy atom. The lowest BCUT2D eigenvalue weighted by molar-refractivity contribution is 0.416. The maximum absolute atomic E-state index is 9.14. The predicted octanol–water partition coefficient (Wildman–Crippen LogP) is 6.42.